The summed E-state index contributed by atoms with van der Waals surface area (Å²) in [6, 6.07) is 9.59. The molecule has 0 spiro atoms. The van der Waals surface area contributed by atoms with Gasteiger partial charge in [-0.3, -0.25) is 0 Å². The van der Waals surface area contributed by atoms with Crippen molar-refractivity contribution in [2.45, 2.75) is 20.3 Å². The van der Waals surface area contributed by atoms with Crippen molar-refractivity contribution < 1.29 is 24.5 Å². The van der Waals surface area contributed by atoms with Crippen molar-refractivity contribution in [2.24, 2.45) is 10.2 Å². The molecule has 0 heterocycles. The molecule has 0 amide bonds. The molecule has 0 aliphatic carbocycles. The average molecular weight is 384 g/mol. The highest BCUT2D eigenvalue weighted by Gasteiger charge is 2.13. The molecule has 0 unspecified atom stereocenters. The number of benzene rings is 2. The molecule has 2 aromatic carbocycles. The maximum Gasteiger partial charge on any atom is 0.342 e. The van der Waals surface area contributed by atoms with Gasteiger partial charge in [0.05, 0.1) is 19.0 Å². The summed E-state index contributed by atoms with van der Waals surface area (Å²) in [5.41, 5.74) is 2.19. The Hall–Kier alpha value is -3.19. The Labute approximate surface area is 164 Å². The summed E-state index contributed by atoms with van der Waals surface area (Å²) in [6.07, 6.45) is 3.91. The van der Waals surface area contributed by atoms with Crippen molar-refractivity contribution in [2.75, 3.05) is 19.8 Å². The van der Waals surface area contributed by atoms with Crippen molar-refractivity contribution in [1.82, 2.24) is 0 Å². The highest BCUT2D eigenvalue weighted by molar-refractivity contribution is 5.95. The van der Waals surface area contributed by atoms with E-state index < -0.39 is 5.97 Å². The highest BCUT2D eigenvalue weighted by atomic mass is 16.6. The Morgan fingerprint density at radius 2 is 1.61 bits per heavy atom. The first-order chi connectivity index (χ1) is 13.5. The van der Waals surface area contributed by atoms with Crippen molar-refractivity contribution >= 4 is 18.4 Å². The Balaban J connectivity index is 1.97. The van der Waals surface area contributed by atoms with Crippen LogP contribution in [0.3, 0.4) is 0 Å². The summed E-state index contributed by atoms with van der Waals surface area (Å²) in [4.78, 5) is 12.1. The molecule has 28 heavy (non-hydrogen) atoms. The van der Waals surface area contributed by atoms with Gasteiger partial charge < -0.3 is 19.7 Å². The largest absolute Gasteiger partial charge is 0.508 e. The number of esters is 1. The third-order valence-electron chi connectivity index (χ3n) is 3.75. The van der Waals surface area contributed by atoms with Crippen LogP contribution >= 0.6 is 0 Å². The molecule has 0 fully saturated rings. The van der Waals surface area contributed by atoms with Crippen molar-refractivity contribution in [1.29, 1.82) is 0 Å². The quantitative estimate of drug-likeness (QED) is 0.298. The van der Waals surface area contributed by atoms with Crippen LogP contribution in [0.1, 0.15) is 40.4 Å². The second kappa shape index (κ2) is 10.8. The van der Waals surface area contributed by atoms with Gasteiger partial charge in [-0.2, -0.15) is 10.2 Å². The summed E-state index contributed by atoms with van der Waals surface area (Å²) >= 11 is 0. The van der Waals surface area contributed by atoms with Crippen molar-refractivity contribution in [3.8, 4) is 11.5 Å². The number of nitrogens with zero attached hydrogens (tertiary/aromatic N) is 2. The zero-order chi connectivity index (χ0) is 20.4. The van der Waals surface area contributed by atoms with Crippen LogP contribution in [0.5, 0.6) is 11.5 Å². The summed E-state index contributed by atoms with van der Waals surface area (Å²) in [5, 5.41) is 27.3. The Bertz CT molecular complexity index is 862. The number of aryl methyl sites for hydroxylation is 1. The predicted molar refractivity (Wildman–Crippen MR) is 108 cm³/mol. The van der Waals surface area contributed by atoms with E-state index in [1.165, 1.54) is 18.3 Å². The Kier molecular flexibility index (Phi) is 8.17. The number of hydrogen-bond donors (Lipinski definition) is 2. The highest BCUT2D eigenvalue weighted by Crippen LogP contribution is 2.19. The smallest absolute Gasteiger partial charge is 0.342 e. The van der Waals surface area contributed by atoms with Gasteiger partial charge in [0, 0.05) is 6.61 Å². The van der Waals surface area contributed by atoms with E-state index in [2.05, 4.69) is 10.2 Å². The first-order valence-corrected chi connectivity index (χ1v) is 8.95. The fourth-order valence-corrected chi connectivity index (χ4v) is 2.27. The van der Waals surface area contributed by atoms with Gasteiger partial charge in [0.15, 0.2) is 0 Å². The molecule has 7 nitrogen and oxygen atoms in total. The first-order valence-electron chi connectivity index (χ1n) is 8.95. The second-order valence-corrected chi connectivity index (χ2v) is 6.06. The molecule has 148 valence electrons. The number of phenolic OH excluding ortho intramolecular Hbond substituents is 2. The molecule has 2 aromatic rings. The summed E-state index contributed by atoms with van der Waals surface area (Å²) in [7, 11) is 0. The van der Waals surface area contributed by atoms with Crippen LogP contribution in [-0.4, -0.2) is 48.4 Å². The van der Waals surface area contributed by atoms with Crippen LogP contribution in [0.25, 0.3) is 0 Å². The minimum Gasteiger partial charge on any atom is -0.508 e. The Morgan fingerprint density at radius 1 is 0.964 bits per heavy atom. The minimum absolute atomic E-state index is 0.0533. The maximum absolute atomic E-state index is 12.1. The molecule has 0 aliphatic heterocycles. The molecule has 0 saturated carbocycles. The average Bonchev–Trinajstić information content (AvgIpc) is 2.68. The van der Waals surface area contributed by atoms with Gasteiger partial charge in [0.2, 0.25) is 0 Å². The zero-order valence-electron chi connectivity index (χ0n) is 16.0. The standard InChI is InChI=1S/C21H24N2O5/c1-3-8-27-9-10-28-21(26)18-12-17(5-7-20(18)25)14-23-22-13-16-4-6-19(24)15(2)11-16/h4-7,11-14,24-25H,3,8-10H2,1-2H3/b22-13+,23-14+. The fraction of sp³-hybridized carbons (Fsp3) is 0.286. The molecular weight excluding hydrogens is 360 g/mol. The second-order valence-electron chi connectivity index (χ2n) is 6.06. The summed E-state index contributed by atoms with van der Waals surface area (Å²) < 4.78 is 10.3. The number of ether oxygens (including phenoxy) is 2. The molecule has 0 aromatic heterocycles. The molecule has 2 N–H and O–H groups in total. The van der Waals surface area contributed by atoms with E-state index in [4.69, 9.17) is 9.47 Å². The van der Waals surface area contributed by atoms with Crippen molar-refractivity contribution in [3.05, 3.63) is 58.7 Å². The molecule has 7 heteroatoms. The van der Waals surface area contributed by atoms with Gasteiger partial charge in [-0.1, -0.05) is 6.92 Å². The molecule has 0 atom stereocenters. The molecule has 0 radical (unpaired) electrons. The van der Waals surface area contributed by atoms with Gasteiger partial charge in [-0.25, -0.2) is 4.79 Å². The lowest BCUT2D eigenvalue weighted by Crippen LogP contribution is -2.11. The number of hydrogen-bond acceptors (Lipinski definition) is 7. The lowest BCUT2D eigenvalue weighted by atomic mass is 10.1. The monoisotopic (exact) mass is 384 g/mol. The number of rotatable bonds is 9. The van der Waals surface area contributed by atoms with Gasteiger partial charge in [-0.05, 0) is 66.4 Å². The fourth-order valence-electron chi connectivity index (χ4n) is 2.27. The number of aromatic hydroxyl groups is 2. The van der Waals surface area contributed by atoms with Crippen LogP contribution in [-0.2, 0) is 9.47 Å². The number of carbonyl (C=O) groups is 1. The molecule has 2 rings (SSSR count). The molecule has 0 saturated heterocycles. The van der Waals surface area contributed by atoms with Gasteiger partial charge >= 0.3 is 5.97 Å². The van der Waals surface area contributed by atoms with E-state index in [0.29, 0.717) is 18.8 Å². The predicted octanol–water partition coefficient (Wildman–Crippen LogP) is 3.44. The lowest BCUT2D eigenvalue weighted by molar-refractivity contribution is 0.0316. The minimum atomic E-state index is -0.629. The number of phenols is 2. The van der Waals surface area contributed by atoms with E-state index in [9.17, 15) is 15.0 Å². The number of carbonyl (C=O) groups excluding carboxylic acids is 1. The maximum atomic E-state index is 12.1. The van der Waals surface area contributed by atoms with E-state index >= 15 is 0 Å². The van der Waals surface area contributed by atoms with E-state index in [1.807, 2.05) is 6.92 Å². The topological polar surface area (TPSA) is 101 Å². The molecular formula is C21H24N2O5. The summed E-state index contributed by atoms with van der Waals surface area (Å²) in [5.74, 6) is -0.572. The van der Waals surface area contributed by atoms with Crippen LogP contribution in [0, 0.1) is 6.92 Å². The zero-order valence-corrected chi connectivity index (χ0v) is 16.0. The third kappa shape index (κ3) is 6.51. The van der Waals surface area contributed by atoms with Crippen LogP contribution < -0.4 is 0 Å². The van der Waals surface area contributed by atoms with Gasteiger partial charge in [0.25, 0.3) is 0 Å². The van der Waals surface area contributed by atoms with Gasteiger partial charge in [0.1, 0.15) is 23.7 Å². The van der Waals surface area contributed by atoms with E-state index in [1.54, 1.807) is 37.4 Å². The van der Waals surface area contributed by atoms with E-state index in [0.717, 1.165) is 17.5 Å². The molecule has 0 aliphatic rings. The summed E-state index contributed by atoms with van der Waals surface area (Å²) in [6.45, 7) is 4.83. The van der Waals surface area contributed by atoms with Crippen LogP contribution in [0.2, 0.25) is 0 Å². The lowest BCUT2D eigenvalue weighted by Gasteiger charge is -2.07. The van der Waals surface area contributed by atoms with E-state index in [-0.39, 0.29) is 23.7 Å². The van der Waals surface area contributed by atoms with Crippen molar-refractivity contribution in [3.63, 3.8) is 0 Å². The SMILES string of the molecule is CCCOCCOC(=O)c1cc(/C=N/N=C/c2ccc(O)c(C)c2)ccc1O. The van der Waals surface area contributed by atoms with Crippen LogP contribution in [0.4, 0.5) is 0 Å². The van der Waals surface area contributed by atoms with Gasteiger partial charge in [-0.15, -0.1) is 0 Å². The third-order valence-corrected chi connectivity index (χ3v) is 3.75. The van der Waals surface area contributed by atoms with Crippen LogP contribution in [0.15, 0.2) is 46.6 Å². The normalized spacial score (nSPS) is 11.4. The molecule has 0 bridgehead atoms. The Morgan fingerprint density at radius 3 is 2.25 bits per heavy atom. The first kappa shape index (κ1) is 21.1.